The van der Waals surface area contributed by atoms with E-state index in [1.54, 1.807) is 53.6 Å². The Balaban J connectivity index is 0.00000303. The van der Waals surface area contributed by atoms with Crippen LogP contribution in [0.25, 0.3) is 0 Å². The van der Waals surface area contributed by atoms with E-state index >= 15 is 0 Å². The van der Waals surface area contributed by atoms with E-state index in [-0.39, 0.29) is 54.8 Å². The standard InChI is InChI=1S/C51H79NO13.C2H6OS/c1-30-16-12-11-13-17-31(2)42(61-8)28-38-21-19-36(7)51(60,65-38)48(57)49(58)52-23-15-14-18-39(52)50(59)64-43(33(4)26-37-20-22-40(53)44(27-37)62-9)29-41(54)32(3)25-35(6)46(56)47(63-10)45(55)34(5)24-30;1-4(2)3/h11-13,16-17,25,30,32-34,36-40,42-44,46-47,53,56,60H,14-15,18-24,26-29H2,1-10H3;1-2H3/b13-11?,16-12+,31-17?,35-25+;/t30-,32-,33-,34-,36-,37+,38+,39+,40-,42+,43+,44-,46-,47+,51-;/m1./s1. The number of aliphatic hydroxyl groups is 3. The van der Waals surface area contributed by atoms with Crippen molar-refractivity contribution in [3.63, 3.8) is 0 Å². The number of carbonyl (C=O) groups excluding carboxylic acids is 5. The number of rotatable bonds is 6. The SMILES string of the molecule is CO[C@H]1C[C@@H]2CC[C@@H](C)[C@@](O)(O2)C(=O)C(=O)N2CCCC[C@H]2C(=O)O[C@H]([C@H](C)C[C@@H]2CC[C@@H](O)[C@H](OC)C2)CC(=O)[C@H](C)/C=C(\C)[C@@H](O)[C@@H](OC)C(=O)[C@H](C)C[C@H](C)/C=C/C=CC=C1C.CS(C)=O. The van der Waals surface area contributed by atoms with Crippen LogP contribution in [-0.4, -0.2) is 149 Å². The molecule has 3 N–H and O–H groups in total. The van der Waals surface area contributed by atoms with E-state index in [1.165, 1.54) is 12.0 Å². The van der Waals surface area contributed by atoms with Crippen LogP contribution in [0.2, 0.25) is 0 Å². The average Bonchev–Trinajstić information content (AvgIpc) is 3.30. The van der Waals surface area contributed by atoms with Crippen molar-refractivity contribution in [1.29, 1.82) is 0 Å². The highest BCUT2D eigenvalue weighted by Crippen LogP contribution is 2.38. The number of cyclic esters (lactones) is 1. The number of hydrogen-bond donors (Lipinski definition) is 3. The maximum atomic E-state index is 14.4. The number of aliphatic hydroxyl groups excluding tert-OH is 2. The van der Waals surface area contributed by atoms with E-state index < -0.39 is 94.7 Å². The number of carbonyl (C=O) groups is 5. The highest BCUT2D eigenvalue weighted by Gasteiger charge is 2.53. The van der Waals surface area contributed by atoms with Gasteiger partial charge in [-0.25, -0.2) is 4.79 Å². The van der Waals surface area contributed by atoms with Crippen LogP contribution in [0.15, 0.2) is 47.6 Å². The van der Waals surface area contributed by atoms with Crippen molar-refractivity contribution >= 4 is 40.0 Å². The fourth-order valence-corrected chi connectivity index (χ4v) is 10.1. The van der Waals surface area contributed by atoms with Gasteiger partial charge < -0.3 is 43.9 Å². The molecule has 3 fully saturated rings. The zero-order valence-corrected chi connectivity index (χ0v) is 44.2. The lowest BCUT2D eigenvalue weighted by Gasteiger charge is -2.42. The van der Waals surface area contributed by atoms with Crippen LogP contribution in [0.3, 0.4) is 0 Å². The third kappa shape index (κ3) is 17.5. The summed E-state index contributed by atoms with van der Waals surface area (Å²) in [4.78, 5) is 71.8. The molecule has 15 atom stereocenters. The Bertz CT molecular complexity index is 1860. The summed E-state index contributed by atoms with van der Waals surface area (Å²) < 4.78 is 38.9. The zero-order chi connectivity index (χ0) is 51.7. The number of nitrogens with zero attached hydrogens (tertiary/aromatic N) is 1. The van der Waals surface area contributed by atoms with Crippen molar-refractivity contribution in [3.8, 4) is 0 Å². The lowest BCUT2D eigenvalue weighted by Crippen LogP contribution is -2.61. The van der Waals surface area contributed by atoms with Gasteiger partial charge in [-0.3, -0.25) is 23.4 Å². The molecular weight excluding hydrogens is 907 g/mol. The van der Waals surface area contributed by atoms with Crippen molar-refractivity contribution in [3.05, 3.63) is 47.6 Å². The molecule has 1 aliphatic carbocycles. The number of piperidine rings is 1. The summed E-state index contributed by atoms with van der Waals surface area (Å²) in [5.74, 6) is -7.96. The van der Waals surface area contributed by atoms with Crippen LogP contribution < -0.4 is 0 Å². The molecule has 15 nitrogen and oxygen atoms in total. The highest BCUT2D eigenvalue weighted by molar-refractivity contribution is 7.83. The van der Waals surface area contributed by atoms with Crippen molar-refractivity contribution in [2.24, 2.45) is 35.5 Å². The second-order valence-corrected chi connectivity index (χ2v) is 21.8. The van der Waals surface area contributed by atoms with Gasteiger partial charge in [0.1, 0.15) is 30.1 Å². The Hall–Kier alpha value is -3.22. The van der Waals surface area contributed by atoms with Crippen molar-refractivity contribution in [2.75, 3.05) is 40.4 Å². The van der Waals surface area contributed by atoms with Gasteiger partial charge >= 0.3 is 5.97 Å². The smallest absolute Gasteiger partial charge is 0.329 e. The fourth-order valence-electron chi connectivity index (χ4n) is 10.1. The van der Waals surface area contributed by atoms with Gasteiger partial charge in [0.2, 0.25) is 5.79 Å². The predicted octanol–water partition coefficient (Wildman–Crippen LogP) is 6.18. The van der Waals surface area contributed by atoms with Gasteiger partial charge in [0.05, 0.1) is 24.4 Å². The summed E-state index contributed by atoms with van der Waals surface area (Å²) in [7, 11) is 3.91. The first-order chi connectivity index (χ1) is 32.5. The van der Waals surface area contributed by atoms with E-state index in [4.69, 9.17) is 23.7 Å². The summed E-state index contributed by atoms with van der Waals surface area (Å²) in [6, 6.07) is -1.14. The van der Waals surface area contributed by atoms with Gasteiger partial charge in [0, 0.05) is 81.8 Å². The molecule has 0 aromatic heterocycles. The molecule has 4 rings (SSSR count). The summed E-state index contributed by atoms with van der Waals surface area (Å²) in [5.41, 5.74) is 1.27. The maximum Gasteiger partial charge on any atom is 0.329 e. The highest BCUT2D eigenvalue weighted by atomic mass is 32.2. The normalized spacial score (nSPS) is 37.4. The van der Waals surface area contributed by atoms with Gasteiger partial charge in [-0.15, -0.1) is 0 Å². The number of amides is 1. The minimum Gasteiger partial charge on any atom is -0.460 e. The Morgan fingerprint density at radius 3 is 2.17 bits per heavy atom. The van der Waals surface area contributed by atoms with Crippen LogP contribution in [0.1, 0.15) is 126 Å². The van der Waals surface area contributed by atoms with Gasteiger partial charge in [-0.05, 0) is 107 Å². The predicted molar refractivity (Wildman–Crippen MR) is 265 cm³/mol. The minimum absolute atomic E-state index is 0.0193. The van der Waals surface area contributed by atoms with E-state index in [2.05, 4.69) is 0 Å². The van der Waals surface area contributed by atoms with Gasteiger partial charge in [0.25, 0.3) is 11.7 Å². The van der Waals surface area contributed by atoms with E-state index in [1.807, 2.05) is 58.1 Å². The number of ketones is 3. The molecule has 0 aromatic rings. The third-order valence-electron chi connectivity index (χ3n) is 14.5. The van der Waals surface area contributed by atoms with Crippen molar-refractivity contribution in [2.45, 2.75) is 180 Å². The largest absolute Gasteiger partial charge is 0.460 e. The maximum absolute atomic E-state index is 14.4. The summed E-state index contributed by atoms with van der Waals surface area (Å²) in [6.45, 7) is 12.7. The number of ether oxygens (including phenoxy) is 5. The van der Waals surface area contributed by atoms with Crippen LogP contribution in [0.4, 0.5) is 0 Å². The summed E-state index contributed by atoms with van der Waals surface area (Å²) >= 11 is 0. The first kappa shape index (κ1) is 60.1. The topological polar surface area (TPSA) is 212 Å². The fraction of sp³-hybridized carbons (Fsp3) is 0.755. The number of fused-ring (bicyclic) bond motifs is 3. The lowest BCUT2D eigenvalue weighted by atomic mass is 9.78. The molecule has 0 spiro atoms. The van der Waals surface area contributed by atoms with Gasteiger partial charge in [-0.2, -0.15) is 0 Å². The molecule has 0 aromatic carbocycles. The molecule has 392 valence electrons. The Morgan fingerprint density at radius 1 is 0.855 bits per heavy atom. The van der Waals surface area contributed by atoms with E-state index in [0.29, 0.717) is 63.4 Å². The quantitative estimate of drug-likeness (QED) is 0.154. The van der Waals surface area contributed by atoms with E-state index in [0.717, 1.165) is 12.0 Å². The molecule has 2 bridgehead atoms. The van der Waals surface area contributed by atoms with Crippen molar-refractivity contribution in [1.82, 2.24) is 4.90 Å². The molecule has 0 radical (unpaired) electrons. The molecule has 3 aliphatic heterocycles. The Kier molecular flexibility index (Phi) is 25.0. The molecule has 0 unspecified atom stereocenters. The molecule has 1 saturated carbocycles. The molecule has 4 aliphatic rings. The molecule has 69 heavy (non-hydrogen) atoms. The zero-order valence-electron chi connectivity index (χ0n) is 43.4. The summed E-state index contributed by atoms with van der Waals surface area (Å²) in [6.07, 6.45) is 14.5. The number of esters is 1. The number of methoxy groups -OCH3 is 3. The molecular formula is C53H85NO14S. The second kappa shape index (κ2) is 28.7. The Morgan fingerprint density at radius 2 is 1.54 bits per heavy atom. The lowest BCUT2D eigenvalue weighted by molar-refractivity contribution is -0.265. The Labute approximate surface area is 414 Å². The van der Waals surface area contributed by atoms with Crippen LogP contribution in [-0.2, 0) is 58.5 Å². The van der Waals surface area contributed by atoms with Gasteiger partial charge in [0.15, 0.2) is 5.78 Å². The number of hydrogen-bond acceptors (Lipinski definition) is 14. The average molecular weight is 992 g/mol. The second-order valence-electron chi connectivity index (χ2n) is 20.3. The van der Waals surface area contributed by atoms with E-state index in [9.17, 15) is 43.5 Å². The number of Topliss-reactive ketones (excluding diaryl/α,β-unsaturated/α-hetero) is 3. The first-order valence-electron chi connectivity index (χ1n) is 24.9. The summed E-state index contributed by atoms with van der Waals surface area (Å²) in [5, 5.41) is 33.8. The molecule has 1 amide bonds. The molecule has 16 heteroatoms. The first-order valence-corrected chi connectivity index (χ1v) is 26.9. The minimum atomic E-state index is -2.43. The van der Waals surface area contributed by atoms with Crippen LogP contribution >= 0.6 is 0 Å². The molecule has 2 saturated heterocycles. The van der Waals surface area contributed by atoms with Crippen molar-refractivity contribution < 1.29 is 67.2 Å². The number of allylic oxidation sites excluding steroid dienone is 6. The third-order valence-corrected chi connectivity index (χ3v) is 14.5. The monoisotopic (exact) mass is 992 g/mol. The van der Waals surface area contributed by atoms with Crippen LogP contribution in [0.5, 0.6) is 0 Å². The van der Waals surface area contributed by atoms with Crippen LogP contribution in [0, 0.1) is 35.5 Å². The molecule has 3 heterocycles. The van der Waals surface area contributed by atoms with Gasteiger partial charge in [-0.1, -0.05) is 71.1 Å².